The molecule has 0 aliphatic heterocycles. The van der Waals surface area contributed by atoms with Gasteiger partial charge in [-0.05, 0) is 6.42 Å². The van der Waals surface area contributed by atoms with Crippen molar-refractivity contribution < 1.29 is 9.32 Å². The SMILES string of the molecule is CCCC(O)S(C)=O. The molecule has 0 aliphatic carbocycles. The summed E-state index contributed by atoms with van der Waals surface area (Å²) >= 11 is 0. The lowest BCUT2D eigenvalue weighted by atomic mass is 10.4. The van der Waals surface area contributed by atoms with Gasteiger partial charge in [0.05, 0.1) is 0 Å². The summed E-state index contributed by atoms with van der Waals surface area (Å²) in [6, 6.07) is 0. The Morgan fingerprint density at radius 1 is 1.75 bits per heavy atom. The molecule has 50 valence electrons. The Kier molecular flexibility index (Phi) is 4.09. The standard InChI is InChI=1S/C5H12O2S/c1-3-4-5(6)8(2)7/h5-6H,3-4H2,1-2H3. The van der Waals surface area contributed by atoms with Crippen LogP contribution in [0.25, 0.3) is 0 Å². The lowest BCUT2D eigenvalue weighted by Crippen LogP contribution is -2.11. The van der Waals surface area contributed by atoms with Crippen molar-refractivity contribution in [3.63, 3.8) is 0 Å². The monoisotopic (exact) mass is 136 g/mol. The molecule has 0 radical (unpaired) electrons. The van der Waals surface area contributed by atoms with Crippen LogP contribution in [0.5, 0.6) is 0 Å². The summed E-state index contributed by atoms with van der Waals surface area (Å²) in [5, 5.41) is 8.83. The van der Waals surface area contributed by atoms with E-state index in [0.717, 1.165) is 6.42 Å². The van der Waals surface area contributed by atoms with Crippen LogP contribution < -0.4 is 0 Å². The predicted molar refractivity (Wildman–Crippen MR) is 35.0 cm³/mol. The van der Waals surface area contributed by atoms with Crippen molar-refractivity contribution in [1.82, 2.24) is 0 Å². The summed E-state index contributed by atoms with van der Waals surface area (Å²) in [6.45, 7) is 1.95. The summed E-state index contributed by atoms with van der Waals surface area (Å²) in [5.41, 5.74) is -0.611. The molecule has 2 atom stereocenters. The zero-order chi connectivity index (χ0) is 6.57. The van der Waals surface area contributed by atoms with E-state index < -0.39 is 16.2 Å². The van der Waals surface area contributed by atoms with Crippen LogP contribution >= 0.6 is 0 Å². The van der Waals surface area contributed by atoms with Crippen molar-refractivity contribution in [2.24, 2.45) is 0 Å². The molecular weight excluding hydrogens is 124 g/mol. The topological polar surface area (TPSA) is 37.3 Å². The third-order valence-corrected chi connectivity index (χ3v) is 1.92. The second kappa shape index (κ2) is 4.04. The van der Waals surface area contributed by atoms with Gasteiger partial charge in [-0.2, -0.15) is 0 Å². The van der Waals surface area contributed by atoms with Crippen LogP contribution in [0.1, 0.15) is 19.8 Å². The first kappa shape index (κ1) is 8.11. The minimum Gasteiger partial charge on any atom is -0.380 e. The summed E-state index contributed by atoms with van der Waals surface area (Å²) in [7, 11) is -1.05. The summed E-state index contributed by atoms with van der Waals surface area (Å²) < 4.78 is 10.4. The van der Waals surface area contributed by atoms with Crippen molar-refractivity contribution in [3.8, 4) is 0 Å². The van der Waals surface area contributed by atoms with E-state index >= 15 is 0 Å². The van der Waals surface area contributed by atoms with Crippen molar-refractivity contribution in [1.29, 1.82) is 0 Å². The van der Waals surface area contributed by atoms with Gasteiger partial charge < -0.3 is 5.11 Å². The minimum atomic E-state index is -1.05. The van der Waals surface area contributed by atoms with Gasteiger partial charge in [-0.1, -0.05) is 13.3 Å². The van der Waals surface area contributed by atoms with Gasteiger partial charge in [0.1, 0.15) is 5.44 Å². The van der Waals surface area contributed by atoms with Crippen molar-refractivity contribution >= 4 is 10.8 Å². The zero-order valence-electron chi connectivity index (χ0n) is 5.26. The van der Waals surface area contributed by atoms with Crippen LogP contribution in [-0.4, -0.2) is 21.0 Å². The Morgan fingerprint density at radius 2 is 2.25 bits per heavy atom. The van der Waals surface area contributed by atoms with Crippen molar-refractivity contribution in [2.45, 2.75) is 25.2 Å². The summed E-state index contributed by atoms with van der Waals surface area (Å²) in [5.74, 6) is 0. The highest BCUT2D eigenvalue weighted by molar-refractivity contribution is 7.84. The number of rotatable bonds is 3. The highest BCUT2D eigenvalue weighted by Crippen LogP contribution is 1.97. The second-order valence-corrected chi connectivity index (χ2v) is 3.28. The van der Waals surface area contributed by atoms with E-state index in [2.05, 4.69) is 0 Å². The van der Waals surface area contributed by atoms with Crippen LogP contribution in [0, 0.1) is 0 Å². The van der Waals surface area contributed by atoms with E-state index in [1.807, 2.05) is 6.92 Å². The van der Waals surface area contributed by atoms with E-state index in [4.69, 9.17) is 5.11 Å². The molecule has 0 aromatic rings. The van der Waals surface area contributed by atoms with Crippen LogP contribution in [0.15, 0.2) is 0 Å². The third-order valence-electron chi connectivity index (χ3n) is 0.919. The van der Waals surface area contributed by atoms with Crippen molar-refractivity contribution in [2.75, 3.05) is 6.26 Å². The highest BCUT2D eigenvalue weighted by Gasteiger charge is 2.04. The average molecular weight is 136 g/mol. The fourth-order valence-electron chi connectivity index (χ4n) is 0.413. The van der Waals surface area contributed by atoms with E-state index in [0.29, 0.717) is 6.42 Å². The molecule has 0 rings (SSSR count). The van der Waals surface area contributed by atoms with Gasteiger partial charge >= 0.3 is 0 Å². The van der Waals surface area contributed by atoms with Gasteiger partial charge in [-0.15, -0.1) is 0 Å². The molecule has 0 saturated carbocycles. The van der Waals surface area contributed by atoms with Crippen molar-refractivity contribution in [3.05, 3.63) is 0 Å². The molecule has 0 bridgehead atoms. The van der Waals surface area contributed by atoms with E-state index in [1.54, 1.807) is 0 Å². The Morgan fingerprint density at radius 3 is 2.38 bits per heavy atom. The maximum Gasteiger partial charge on any atom is 0.128 e. The molecule has 0 spiro atoms. The maximum atomic E-state index is 10.4. The molecule has 0 aromatic carbocycles. The summed E-state index contributed by atoms with van der Waals surface area (Å²) in [4.78, 5) is 0. The molecular formula is C5H12O2S. The smallest absolute Gasteiger partial charge is 0.128 e. The molecule has 8 heavy (non-hydrogen) atoms. The van der Waals surface area contributed by atoms with Crippen LogP contribution in [0.3, 0.4) is 0 Å². The fraction of sp³-hybridized carbons (Fsp3) is 1.00. The minimum absolute atomic E-state index is 0.611. The number of hydrogen-bond donors (Lipinski definition) is 1. The quantitative estimate of drug-likeness (QED) is 0.613. The van der Waals surface area contributed by atoms with Crippen LogP contribution in [0.2, 0.25) is 0 Å². The van der Waals surface area contributed by atoms with Gasteiger partial charge in [0.15, 0.2) is 0 Å². The lowest BCUT2D eigenvalue weighted by Gasteiger charge is -2.02. The largest absolute Gasteiger partial charge is 0.380 e. The third kappa shape index (κ3) is 3.16. The Bertz CT molecular complexity index is 82.5. The van der Waals surface area contributed by atoms with E-state index in [9.17, 15) is 4.21 Å². The predicted octanol–water partition coefficient (Wildman–Crippen LogP) is 0.483. The molecule has 0 aromatic heterocycles. The maximum absolute atomic E-state index is 10.4. The molecule has 3 heteroatoms. The molecule has 2 unspecified atom stereocenters. The first-order chi connectivity index (χ1) is 3.68. The van der Waals surface area contributed by atoms with Gasteiger partial charge in [-0.3, -0.25) is 4.21 Å². The normalized spacial score (nSPS) is 17.9. The molecule has 0 aliphatic rings. The average Bonchev–Trinajstić information content (AvgIpc) is 1.67. The van der Waals surface area contributed by atoms with Crippen LogP contribution in [0.4, 0.5) is 0 Å². The molecule has 0 fully saturated rings. The van der Waals surface area contributed by atoms with E-state index in [1.165, 1.54) is 6.26 Å². The Labute approximate surface area is 52.4 Å². The fourth-order valence-corrected chi connectivity index (χ4v) is 0.981. The first-order valence-corrected chi connectivity index (χ1v) is 4.31. The molecule has 0 heterocycles. The zero-order valence-corrected chi connectivity index (χ0v) is 6.07. The first-order valence-electron chi connectivity index (χ1n) is 2.68. The van der Waals surface area contributed by atoms with Gasteiger partial charge in [-0.25, -0.2) is 0 Å². The molecule has 2 nitrogen and oxygen atoms in total. The Hall–Kier alpha value is 0.110. The lowest BCUT2D eigenvalue weighted by molar-refractivity contribution is 0.245. The van der Waals surface area contributed by atoms with Gasteiger partial charge in [0, 0.05) is 17.1 Å². The second-order valence-electron chi connectivity index (χ2n) is 1.74. The summed E-state index contributed by atoms with van der Waals surface area (Å²) in [6.07, 6.45) is 3.05. The highest BCUT2D eigenvalue weighted by atomic mass is 32.2. The number of aliphatic hydroxyl groups is 1. The number of hydrogen-bond acceptors (Lipinski definition) is 2. The van der Waals surface area contributed by atoms with Gasteiger partial charge in [0.25, 0.3) is 0 Å². The number of aliphatic hydroxyl groups excluding tert-OH is 1. The Balaban J connectivity index is 3.32. The van der Waals surface area contributed by atoms with Crippen LogP contribution in [-0.2, 0) is 10.8 Å². The van der Waals surface area contributed by atoms with Gasteiger partial charge in [0.2, 0.25) is 0 Å². The molecule has 0 amide bonds. The molecule has 0 saturated heterocycles. The van der Waals surface area contributed by atoms with E-state index in [-0.39, 0.29) is 0 Å². The molecule has 1 N–H and O–H groups in total.